The molecule has 1 saturated heterocycles. The van der Waals surface area contributed by atoms with E-state index in [1.807, 2.05) is 0 Å². The lowest BCUT2D eigenvalue weighted by Crippen LogP contribution is -2.57. The van der Waals surface area contributed by atoms with Gasteiger partial charge in [0.25, 0.3) is 5.91 Å². The van der Waals surface area contributed by atoms with E-state index in [2.05, 4.69) is 5.32 Å². The van der Waals surface area contributed by atoms with Crippen LogP contribution in [0.5, 0.6) is 0 Å². The zero-order valence-electron chi connectivity index (χ0n) is 9.88. The molecule has 0 radical (unpaired) electrons. The topological polar surface area (TPSA) is 130 Å². The Labute approximate surface area is 103 Å². The number of nitrogens with one attached hydrogen (secondary N) is 1. The maximum atomic E-state index is 11.8. The average Bonchev–Trinajstić information content (AvgIpc) is 2.27. The lowest BCUT2D eigenvalue weighted by molar-refractivity contribution is -0.156. The second-order valence-electron chi connectivity index (χ2n) is 4.10. The van der Waals surface area contributed by atoms with Crippen LogP contribution in [0, 0.1) is 0 Å². The highest BCUT2D eigenvalue weighted by molar-refractivity contribution is 6.03. The predicted molar refractivity (Wildman–Crippen MR) is 59.2 cm³/mol. The van der Waals surface area contributed by atoms with Crippen molar-refractivity contribution in [3.05, 3.63) is 0 Å². The van der Waals surface area contributed by atoms with Crippen LogP contribution < -0.4 is 11.1 Å². The minimum absolute atomic E-state index is 0.0168. The van der Waals surface area contributed by atoms with Crippen molar-refractivity contribution in [3.63, 3.8) is 0 Å². The van der Waals surface area contributed by atoms with Crippen LogP contribution in [0.4, 0.5) is 0 Å². The van der Waals surface area contributed by atoms with Crippen LogP contribution in [-0.2, 0) is 19.2 Å². The fraction of sp³-hybridized carbons (Fsp3) is 0.600. The second-order valence-corrected chi connectivity index (χ2v) is 4.10. The van der Waals surface area contributed by atoms with Gasteiger partial charge in [0.05, 0.1) is 6.04 Å². The predicted octanol–water partition coefficient (Wildman–Crippen LogP) is -1.95. The quantitative estimate of drug-likeness (QED) is 0.502. The molecule has 1 fully saturated rings. The molecular weight excluding hydrogens is 242 g/mol. The van der Waals surface area contributed by atoms with Gasteiger partial charge in [0.15, 0.2) is 0 Å². The molecule has 3 amide bonds. The molecule has 100 valence electrons. The largest absolute Gasteiger partial charge is 0.480 e. The molecule has 1 rings (SSSR count). The number of hydrogen-bond donors (Lipinski definition) is 3. The lowest BCUT2D eigenvalue weighted by Gasteiger charge is -2.30. The van der Waals surface area contributed by atoms with Gasteiger partial charge in [-0.05, 0) is 13.3 Å². The Kier molecular flexibility index (Phi) is 4.38. The summed E-state index contributed by atoms with van der Waals surface area (Å²) >= 11 is 0. The summed E-state index contributed by atoms with van der Waals surface area (Å²) in [6.07, 6.45) is 0.176. The maximum Gasteiger partial charge on any atom is 0.323 e. The van der Waals surface area contributed by atoms with Crippen LogP contribution in [0.15, 0.2) is 0 Å². The standard InChI is InChI=1S/C10H15N3O5/c1-5(11)9(17)12-6-2-3-7(14)13(10(6)18)4-8(15)16/h5-6H,2-4,11H2,1H3,(H,12,17)(H,15,16)/t5-,6-/m0/s1. The van der Waals surface area contributed by atoms with Gasteiger partial charge < -0.3 is 16.2 Å². The van der Waals surface area contributed by atoms with Crippen molar-refractivity contribution in [2.45, 2.75) is 31.8 Å². The second kappa shape index (κ2) is 5.58. The molecule has 1 heterocycles. The molecule has 4 N–H and O–H groups in total. The third kappa shape index (κ3) is 3.27. The van der Waals surface area contributed by atoms with Crippen molar-refractivity contribution in [1.29, 1.82) is 0 Å². The molecule has 0 unspecified atom stereocenters. The van der Waals surface area contributed by atoms with E-state index in [4.69, 9.17) is 10.8 Å². The minimum Gasteiger partial charge on any atom is -0.480 e. The number of carbonyl (C=O) groups is 4. The fourth-order valence-corrected chi connectivity index (χ4v) is 1.58. The number of likely N-dealkylation sites (tertiary alicyclic amines) is 1. The van der Waals surface area contributed by atoms with E-state index in [1.165, 1.54) is 6.92 Å². The van der Waals surface area contributed by atoms with Gasteiger partial charge in [0, 0.05) is 6.42 Å². The van der Waals surface area contributed by atoms with Crippen molar-refractivity contribution in [2.75, 3.05) is 6.54 Å². The number of carboxylic acid groups (broad SMARTS) is 1. The fourth-order valence-electron chi connectivity index (χ4n) is 1.58. The summed E-state index contributed by atoms with van der Waals surface area (Å²) in [7, 11) is 0. The highest BCUT2D eigenvalue weighted by atomic mass is 16.4. The molecule has 0 aromatic carbocycles. The van der Waals surface area contributed by atoms with Gasteiger partial charge in [0.1, 0.15) is 12.6 Å². The summed E-state index contributed by atoms with van der Waals surface area (Å²) in [6, 6.07) is -1.66. The van der Waals surface area contributed by atoms with Gasteiger partial charge in [-0.15, -0.1) is 0 Å². The molecule has 0 aliphatic carbocycles. The van der Waals surface area contributed by atoms with E-state index in [-0.39, 0.29) is 12.8 Å². The number of amides is 3. The summed E-state index contributed by atoms with van der Waals surface area (Å²) in [5, 5.41) is 11.0. The van der Waals surface area contributed by atoms with E-state index in [1.54, 1.807) is 0 Å². The number of nitrogens with two attached hydrogens (primary N) is 1. The van der Waals surface area contributed by atoms with Crippen LogP contribution >= 0.6 is 0 Å². The van der Waals surface area contributed by atoms with Crippen molar-refractivity contribution in [1.82, 2.24) is 10.2 Å². The van der Waals surface area contributed by atoms with Crippen molar-refractivity contribution >= 4 is 23.7 Å². The van der Waals surface area contributed by atoms with E-state index in [9.17, 15) is 19.2 Å². The Hall–Kier alpha value is -1.96. The van der Waals surface area contributed by atoms with Crippen LogP contribution in [0.3, 0.4) is 0 Å². The number of imide groups is 1. The Balaban J connectivity index is 2.72. The van der Waals surface area contributed by atoms with Gasteiger partial charge in [0.2, 0.25) is 11.8 Å². The van der Waals surface area contributed by atoms with Crippen LogP contribution in [0.25, 0.3) is 0 Å². The monoisotopic (exact) mass is 257 g/mol. The Morgan fingerprint density at radius 3 is 2.67 bits per heavy atom. The van der Waals surface area contributed by atoms with Crippen LogP contribution in [0.1, 0.15) is 19.8 Å². The number of hydrogen-bond acceptors (Lipinski definition) is 5. The molecule has 0 aromatic heterocycles. The smallest absolute Gasteiger partial charge is 0.323 e. The first kappa shape index (κ1) is 14.1. The average molecular weight is 257 g/mol. The summed E-state index contributed by atoms with van der Waals surface area (Å²) < 4.78 is 0. The van der Waals surface area contributed by atoms with E-state index >= 15 is 0 Å². The number of nitrogens with zero attached hydrogens (tertiary/aromatic N) is 1. The molecule has 2 atom stereocenters. The van der Waals surface area contributed by atoms with Gasteiger partial charge in [-0.1, -0.05) is 0 Å². The SMILES string of the molecule is C[C@H](N)C(=O)N[C@H]1CCC(=O)N(CC(=O)O)C1=O. The Morgan fingerprint density at radius 2 is 2.17 bits per heavy atom. The highest BCUT2D eigenvalue weighted by Gasteiger charge is 2.36. The molecule has 0 saturated carbocycles. The van der Waals surface area contributed by atoms with E-state index in [0.29, 0.717) is 4.90 Å². The first-order chi connectivity index (χ1) is 8.32. The Bertz CT molecular complexity index is 393. The van der Waals surface area contributed by atoms with Crippen molar-refractivity contribution in [3.8, 4) is 0 Å². The minimum atomic E-state index is -1.28. The zero-order chi connectivity index (χ0) is 13.9. The third-order valence-corrected chi connectivity index (χ3v) is 2.54. The number of aliphatic carboxylic acids is 1. The molecular formula is C10H15N3O5. The summed E-state index contributed by atoms with van der Waals surface area (Å²) in [4.78, 5) is 45.8. The Morgan fingerprint density at radius 1 is 1.56 bits per heavy atom. The molecule has 8 heteroatoms. The van der Waals surface area contributed by atoms with Crippen molar-refractivity contribution in [2.24, 2.45) is 5.73 Å². The van der Waals surface area contributed by atoms with Gasteiger partial charge in [-0.2, -0.15) is 0 Å². The van der Waals surface area contributed by atoms with Crippen LogP contribution in [0.2, 0.25) is 0 Å². The van der Waals surface area contributed by atoms with E-state index in [0.717, 1.165) is 0 Å². The highest BCUT2D eigenvalue weighted by Crippen LogP contribution is 2.13. The summed E-state index contributed by atoms with van der Waals surface area (Å²) in [6.45, 7) is 0.769. The van der Waals surface area contributed by atoms with Crippen LogP contribution in [-0.4, -0.2) is 52.3 Å². The number of piperidine rings is 1. The molecule has 18 heavy (non-hydrogen) atoms. The molecule has 0 aromatic rings. The molecule has 8 nitrogen and oxygen atoms in total. The number of carboxylic acids is 1. The van der Waals surface area contributed by atoms with Gasteiger partial charge in [-0.25, -0.2) is 0 Å². The molecule has 1 aliphatic heterocycles. The normalized spacial score (nSPS) is 21.7. The lowest BCUT2D eigenvalue weighted by atomic mass is 10.0. The zero-order valence-corrected chi connectivity index (χ0v) is 9.88. The first-order valence-corrected chi connectivity index (χ1v) is 5.45. The number of carbonyl (C=O) groups excluding carboxylic acids is 3. The molecule has 0 bridgehead atoms. The third-order valence-electron chi connectivity index (χ3n) is 2.54. The summed E-state index contributed by atoms with van der Waals surface area (Å²) in [5.74, 6) is -3.05. The van der Waals surface area contributed by atoms with Crippen molar-refractivity contribution < 1.29 is 24.3 Å². The maximum absolute atomic E-state index is 11.8. The van der Waals surface area contributed by atoms with Gasteiger partial charge >= 0.3 is 5.97 Å². The molecule has 0 spiro atoms. The van der Waals surface area contributed by atoms with E-state index < -0.39 is 42.3 Å². The molecule has 1 aliphatic rings. The number of rotatable bonds is 4. The summed E-state index contributed by atoms with van der Waals surface area (Å²) in [5.41, 5.74) is 5.34. The first-order valence-electron chi connectivity index (χ1n) is 5.45. The van der Waals surface area contributed by atoms with Gasteiger partial charge in [-0.3, -0.25) is 24.1 Å².